The Hall–Kier alpha value is -4.68. The fourth-order valence-electron chi connectivity index (χ4n) is 7.61. The Labute approximate surface area is 375 Å². The molecule has 0 unspecified atom stereocenters. The number of rotatable bonds is 8. The molecule has 2 aliphatic heterocycles. The van der Waals surface area contributed by atoms with Gasteiger partial charge < -0.3 is 15.5 Å². The van der Waals surface area contributed by atoms with Gasteiger partial charge in [-0.1, -0.05) is 65.5 Å². The summed E-state index contributed by atoms with van der Waals surface area (Å²) in [5, 5.41) is 11.0. The van der Waals surface area contributed by atoms with Crippen LogP contribution in [0.25, 0.3) is 0 Å². The summed E-state index contributed by atoms with van der Waals surface area (Å²) in [6.07, 6.45) is 7.42. The summed E-state index contributed by atoms with van der Waals surface area (Å²) in [6.45, 7) is 3.18. The van der Waals surface area contributed by atoms with Gasteiger partial charge in [0.2, 0.25) is 0 Å². The van der Waals surface area contributed by atoms with Crippen LogP contribution >= 0.6 is 58.8 Å². The molecule has 2 N–H and O–H groups in total. The van der Waals surface area contributed by atoms with Crippen molar-refractivity contribution in [2.45, 2.75) is 65.1 Å². The first-order chi connectivity index (χ1) is 28.3. The summed E-state index contributed by atoms with van der Waals surface area (Å²) in [5.74, 6) is -0.0302. The lowest BCUT2D eigenvalue weighted by molar-refractivity contribution is -0.119. The lowest BCUT2D eigenvalue weighted by Gasteiger charge is -2.23. The third kappa shape index (κ3) is 9.60. The van der Waals surface area contributed by atoms with E-state index < -0.39 is 0 Å². The SMILES string of the molecule is CCCC(=O)CCc1ccc(C(=O)N2Cc3cnn(C)c3Cc3cc(Cl)ccc32)cc1Cl.Cl.Cn1ncc2c1Cc1cc(Cl)ccc1N(C(=O)c1ccc(CN)c(Cl)c1)C2. The number of anilines is 2. The van der Waals surface area contributed by atoms with Crippen LogP contribution < -0.4 is 15.5 Å². The highest BCUT2D eigenvalue weighted by atomic mass is 35.5. The molecule has 4 heterocycles. The lowest BCUT2D eigenvalue weighted by Crippen LogP contribution is -2.30. The summed E-state index contributed by atoms with van der Waals surface area (Å²) in [7, 11) is 3.82. The molecule has 2 aromatic heterocycles. The molecule has 2 aliphatic rings. The van der Waals surface area contributed by atoms with E-state index in [9.17, 15) is 14.4 Å². The Kier molecular flexibility index (Phi) is 14.5. The number of nitrogens with two attached hydrogens (primary N) is 1. The van der Waals surface area contributed by atoms with Crippen molar-refractivity contribution in [3.63, 3.8) is 0 Å². The number of nitrogens with zero attached hydrogens (tertiary/aromatic N) is 6. The molecule has 312 valence electrons. The van der Waals surface area contributed by atoms with Crippen molar-refractivity contribution in [3.8, 4) is 0 Å². The number of halogens is 5. The normalized spacial score (nSPS) is 12.7. The van der Waals surface area contributed by atoms with E-state index in [4.69, 9.17) is 52.1 Å². The minimum Gasteiger partial charge on any atom is -0.326 e. The molecule has 0 spiro atoms. The second-order valence-corrected chi connectivity index (χ2v) is 16.5. The maximum atomic E-state index is 13.6. The summed E-state index contributed by atoms with van der Waals surface area (Å²) < 4.78 is 3.69. The number of aromatic nitrogens is 4. The Bertz CT molecular complexity index is 2590. The number of carbonyl (C=O) groups is 3. The third-order valence-corrected chi connectivity index (χ3v) is 12.0. The van der Waals surface area contributed by atoms with Gasteiger partial charge in [-0.15, -0.1) is 12.4 Å². The first-order valence-corrected chi connectivity index (χ1v) is 20.8. The molecular weight excluding hydrogens is 864 g/mol. The Morgan fingerprint density at radius 3 is 1.53 bits per heavy atom. The van der Waals surface area contributed by atoms with Crippen molar-refractivity contribution in [1.29, 1.82) is 0 Å². The van der Waals surface area contributed by atoms with E-state index >= 15 is 0 Å². The Balaban J connectivity index is 0.000000200. The van der Waals surface area contributed by atoms with Gasteiger partial charge in [0.25, 0.3) is 11.8 Å². The van der Waals surface area contributed by atoms with Gasteiger partial charge >= 0.3 is 0 Å². The average Bonchev–Trinajstić information content (AvgIpc) is 3.61. The minimum atomic E-state index is -0.138. The van der Waals surface area contributed by atoms with Crippen LogP contribution in [0.2, 0.25) is 20.1 Å². The number of fused-ring (bicyclic) bond motifs is 4. The molecule has 0 aliphatic carbocycles. The van der Waals surface area contributed by atoms with Crippen LogP contribution in [-0.4, -0.2) is 37.2 Å². The largest absolute Gasteiger partial charge is 0.326 e. The molecule has 4 aromatic carbocycles. The van der Waals surface area contributed by atoms with Gasteiger partial charge in [0, 0.05) is 111 Å². The number of carbonyl (C=O) groups excluding carboxylic acids is 3. The van der Waals surface area contributed by atoms with E-state index in [1.54, 1.807) is 52.3 Å². The molecule has 8 rings (SSSR count). The summed E-state index contributed by atoms with van der Waals surface area (Å²) in [4.78, 5) is 42.3. The first-order valence-electron chi connectivity index (χ1n) is 19.3. The maximum Gasteiger partial charge on any atom is 0.258 e. The third-order valence-electron chi connectivity index (χ3n) is 10.8. The van der Waals surface area contributed by atoms with E-state index in [1.807, 2.05) is 73.1 Å². The van der Waals surface area contributed by atoms with Crippen molar-refractivity contribution < 1.29 is 14.4 Å². The number of amides is 2. The van der Waals surface area contributed by atoms with Crippen LogP contribution in [0.15, 0.2) is 85.2 Å². The van der Waals surface area contributed by atoms with Gasteiger partial charge in [0.05, 0.1) is 25.5 Å². The molecule has 0 bridgehead atoms. The van der Waals surface area contributed by atoms with Gasteiger partial charge in [0.15, 0.2) is 0 Å². The van der Waals surface area contributed by atoms with Gasteiger partial charge in [0.1, 0.15) is 5.78 Å². The number of benzene rings is 4. The molecule has 0 radical (unpaired) electrons. The molecule has 60 heavy (non-hydrogen) atoms. The quantitative estimate of drug-likeness (QED) is 0.162. The maximum absolute atomic E-state index is 13.6. The predicted molar refractivity (Wildman–Crippen MR) is 242 cm³/mol. The Morgan fingerprint density at radius 1 is 0.633 bits per heavy atom. The number of aryl methyl sites for hydroxylation is 3. The fourth-order valence-corrected chi connectivity index (χ4v) is 8.53. The van der Waals surface area contributed by atoms with Crippen molar-refractivity contribution in [3.05, 3.63) is 161 Å². The second-order valence-electron chi connectivity index (χ2n) is 14.8. The van der Waals surface area contributed by atoms with Crippen LogP contribution in [0.3, 0.4) is 0 Å². The molecule has 0 saturated carbocycles. The van der Waals surface area contributed by atoms with E-state index in [0.717, 1.165) is 62.6 Å². The molecule has 15 heteroatoms. The van der Waals surface area contributed by atoms with Gasteiger partial charge in [-0.3, -0.25) is 23.7 Å². The Morgan fingerprint density at radius 2 is 1.10 bits per heavy atom. The van der Waals surface area contributed by atoms with E-state index in [2.05, 4.69) is 10.2 Å². The van der Waals surface area contributed by atoms with Crippen molar-refractivity contribution >= 4 is 87.8 Å². The van der Waals surface area contributed by atoms with Crippen LogP contribution in [0.1, 0.15) is 91.7 Å². The highest BCUT2D eigenvalue weighted by Gasteiger charge is 2.29. The van der Waals surface area contributed by atoms with Crippen molar-refractivity contribution in [1.82, 2.24) is 19.6 Å². The van der Waals surface area contributed by atoms with E-state index in [0.29, 0.717) is 83.0 Å². The van der Waals surface area contributed by atoms with Crippen molar-refractivity contribution in [2.24, 2.45) is 19.8 Å². The number of hydrogen-bond donors (Lipinski definition) is 1. The van der Waals surface area contributed by atoms with Crippen LogP contribution in [0.5, 0.6) is 0 Å². The van der Waals surface area contributed by atoms with Crippen LogP contribution in [-0.2, 0) is 57.8 Å². The standard InChI is InChI=1S/C25H25Cl2N3O2.C20H18Cl2N4O.ClH/c1-3-4-21(31)9-7-16-5-6-17(12-22(16)27)25(32)30-15-19-14-28-29(2)24(19)13-18-11-20(26)8-10-23(18)30;1-25-19-8-14-6-16(21)4-5-18(14)26(11-15(19)10-24-25)20(27)12-2-3-13(9-23)17(22)7-12;/h5-6,8,10-12,14H,3-4,7,9,13,15H2,1-2H3;2-7,10H,8-9,11,23H2,1H3;1H. The zero-order valence-electron chi connectivity index (χ0n) is 33.4. The molecule has 0 saturated heterocycles. The van der Waals surface area contributed by atoms with Crippen LogP contribution in [0, 0.1) is 0 Å². The predicted octanol–water partition coefficient (Wildman–Crippen LogP) is 10.1. The number of Topliss-reactive ketones (excluding diaryl/α,β-unsaturated/α-hetero) is 1. The zero-order chi connectivity index (χ0) is 42.0. The van der Waals surface area contributed by atoms with Crippen molar-refractivity contribution in [2.75, 3.05) is 9.80 Å². The molecule has 6 aromatic rings. The van der Waals surface area contributed by atoms with Gasteiger partial charge in [-0.25, -0.2) is 0 Å². The molecule has 0 fully saturated rings. The molecule has 0 atom stereocenters. The number of hydrogen-bond acceptors (Lipinski definition) is 6. The van der Waals surface area contributed by atoms with E-state index in [1.165, 1.54) is 0 Å². The van der Waals surface area contributed by atoms with Gasteiger partial charge in [-0.05, 0) is 95.8 Å². The number of ketones is 1. The summed E-state index contributed by atoms with van der Waals surface area (Å²) in [6, 6.07) is 21.8. The topological polar surface area (TPSA) is 119 Å². The zero-order valence-corrected chi connectivity index (χ0v) is 37.2. The van der Waals surface area contributed by atoms with Gasteiger partial charge in [-0.2, -0.15) is 10.2 Å². The summed E-state index contributed by atoms with van der Waals surface area (Å²) >= 11 is 25.2. The molecular formula is C45H44Cl5N7O3. The monoisotopic (exact) mass is 905 g/mol. The summed E-state index contributed by atoms with van der Waals surface area (Å²) in [5.41, 5.74) is 16.2. The highest BCUT2D eigenvalue weighted by molar-refractivity contribution is 6.32. The second kappa shape index (κ2) is 19.4. The first kappa shape index (κ1) is 44.9. The average molecular weight is 908 g/mol. The molecule has 10 nitrogen and oxygen atoms in total. The molecule has 2 amide bonds. The lowest BCUT2D eigenvalue weighted by atomic mass is 10.0. The smallest absolute Gasteiger partial charge is 0.258 e. The van der Waals surface area contributed by atoms with E-state index in [-0.39, 0.29) is 30.0 Å². The highest BCUT2D eigenvalue weighted by Crippen LogP contribution is 2.36. The minimum absolute atomic E-state index is 0. The fraction of sp³-hybridized carbons (Fsp3) is 0.267. The van der Waals surface area contributed by atoms with Crippen LogP contribution in [0.4, 0.5) is 11.4 Å².